The van der Waals surface area contributed by atoms with Crippen LogP contribution in [0.2, 0.25) is 0 Å². The number of hydrogen-bond acceptors (Lipinski definition) is 5. The Balaban J connectivity index is 2.36. The third-order valence-electron chi connectivity index (χ3n) is 4.82. The molecule has 0 aliphatic rings. The average molecular weight is 393 g/mol. The molecular formula is C24H27NO4. The van der Waals surface area contributed by atoms with Crippen molar-refractivity contribution in [1.82, 2.24) is 0 Å². The molecule has 0 fully saturated rings. The second kappa shape index (κ2) is 10.3. The lowest BCUT2D eigenvalue weighted by atomic mass is 9.73. The molecule has 2 aromatic carbocycles. The second-order valence-corrected chi connectivity index (χ2v) is 6.73. The summed E-state index contributed by atoms with van der Waals surface area (Å²) in [4.78, 5) is 13.0. The lowest BCUT2D eigenvalue weighted by Gasteiger charge is -2.28. The quantitative estimate of drug-likeness (QED) is 0.392. The van der Waals surface area contributed by atoms with Crippen molar-refractivity contribution in [3.8, 4) is 23.3 Å². The van der Waals surface area contributed by atoms with Crippen molar-refractivity contribution in [2.45, 2.75) is 31.6 Å². The molecule has 0 heterocycles. The number of benzene rings is 2. The van der Waals surface area contributed by atoms with E-state index in [1.54, 1.807) is 56.7 Å². The van der Waals surface area contributed by atoms with E-state index in [1.165, 1.54) is 0 Å². The van der Waals surface area contributed by atoms with Crippen LogP contribution >= 0.6 is 0 Å². The normalized spacial score (nSPS) is 12.3. The summed E-state index contributed by atoms with van der Waals surface area (Å²) < 4.78 is 16.2. The molecule has 0 bridgehead atoms. The molecule has 1 atom stereocenters. The maximum absolute atomic E-state index is 13.0. The number of hydrogen-bond donors (Lipinski definition) is 0. The largest absolute Gasteiger partial charge is 0.497 e. The Bertz CT molecular complexity index is 883. The minimum absolute atomic E-state index is 0.0624. The summed E-state index contributed by atoms with van der Waals surface area (Å²) in [6, 6.07) is 14.7. The number of carbonyl (C=O) groups is 1. The number of nitriles is 1. The molecule has 0 aliphatic carbocycles. The maximum atomic E-state index is 13.0. The lowest BCUT2D eigenvalue weighted by Crippen LogP contribution is -2.28. The van der Waals surface area contributed by atoms with E-state index in [1.807, 2.05) is 13.0 Å². The van der Waals surface area contributed by atoms with Gasteiger partial charge in [0.15, 0.2) is 5.78 Å². The topological polar surface area (TPSA) is 68.6 Å². The summed E-state index contributed by atoms with van der Waals surface area (Å²) in [5, 5.41) is 10.1. The van der Waals surface area contributed by atoms with Crippen LogP contribution in [0.25, 0.3) is 0 Å². The molecular weight excluding hydrogens is 366 g/mol. The smallest absolute Gasteiger partial charge is 0.164 e. The van der Waals surface area contributed by atoms with Gasteiger partial charge in [0.2, 0.25) is 0 Å². The highest BCUT2D eigenvalue weighted by Gasteiger charge is 2.37. The van der Waals surface area contributed by atoms with Crippen LogP contribution < -0.4 is 14.2 Å². The van der Waals surface area contributed by atoms with Gasteiger partial charge < -0.3 is 14.2 Å². The Kier molecular flexibility index (Phi) is 7.85. The summed E-state index contributed by atoms with van der Waals surface area (Å²) in [6.45, 7) is 6.01. The first-order valence-electron chi connectivity index (χ1n) is 9.54. The van der Waals surface area contributed by atoms with Crippen LogP contribution in [0.1, 0.15) is 42.1 Å². The molecule has 0 aliphatic heterocycles. The molecule has 2 rings (SSSR count). The molecule has 1 unspecified atom stereocenters. The minimum atomic E-state index is -0.985. The number of nitrogens with zero attached hydrogens (tertiary/aromatic N) is 1. The molecule has 2 aromatic rings. The van der Waals surface area contributed by atoms with E-state index in [-0.39, 0.29) is 12.2 Å². The van der Waals surface area contributed by atoms with Crippen LogP contribution in [0, 0.1) is 11.3 Å². The zero-order valence-corrected chi connectivity index (χ0v) is 17.2. The van der Waals surface area contributed by atoms with Gasteiger partial charge in [0.25, 0.3) is 0 Å². The summed E-state index contributed by atoms with van der Waals surface area (Å²) in [5.74, 6) is 1.74. The van der Waals surface area contributed by atoms with Crippen molar-refractivity contribution in [1.29, 1.82) is 5.26 Å². The fourth-order valence-corrected chi connectivity index (χ4v) is 3.36. The summed E-state index contributed by atoms with van der Waals surface area (Å²) in [7, 11) is 3.13. The van der Waals surface area contributed by atoms with Crippen molar-refractivity contribution >= 4 is 5.78 Å². The van der Waals surface area contributed by atoms with Crippen LogP contribution in [0.15, 0.2) is 55.1 Å². The number of ketones is 1. The van der Waals surface area contributed by atoms with Crippen LogP contribution in [-0.2, 0) is 5.41 Å². The first kappa shape index (κ1) is 22.0. The van der Waals surface area contributed by atoms with Gasteiger partial charge in [-0.2, -0.15) is 5.26 Å². The van der Waals surface area contributed by atoms with Gasteiger partial charge in [-0.25, -0.2) is 0 Å². The third-order valence-corrected chi connectivity index (χ3v) is 4.82. The third kappa shape index (κ3) is 5.17. The fraction of sp³-hybridized carbons (Fsp3) is 0.333. The van der Waals surface area contributed by atoms with Crippen molar-refractivity contribution in [3.63, 3.8) is 0 Å². The monoisotopic (exact) mass is 393 g/mol. The molecule has 0 spiro atoms. The maximum Gasteiger partial charge on any atom is 0.164 e. The van der Waals surface area contributed by atoms with Gasteiger partial charge in [-0.05, 0) is 36.8 Å². The summed E-state index contributed by atoms with van der Waals surface area (Å²) in [5.41, 5.74) is 0.255. The highest BCUT2D eigenvalue weighted by Crippen LogP contribution is 2.40. The van der Waals surface area contributed by atoms with Gasteiger partial charge in [-0.3, -0.25) is 4.79 Å². The first-order valence-corrected chi connectivity index (χ1v) is 9.54. The fourth-order valence-electron chi connectivity index (χ4n) is 3.36. The van der Waals surface area contributed by atoms with Crippen molar-refractivity contribution < 1.29 is 19.0 Å². The van der Waals surface area contributed by atoms with Crippen LogP contribution in [0.3, 0.4) is 0 Å². The Hall–Kier alpha value is -3.26. The minimum Gasteiger partial charge on any atom is -0.497 e. The molecule has 0 saturated heterocycles. The number of methoxy groups -OCH3 is 2. The molecule has 152 valence electrons. The molecule has 0 aromatic heterocycles. The molecule has 5 nitrogen and oxygen atoms in total. The second-order valence-electron chi connectivity index (χ2n) is 6.73. The van der Waals surface area contributed by atoms with Crippen LogP contribution in [-0.4, -0.2) is 26.6 Å². The first-order chi connectivity index (χ1) is 14.0. The number of carbonyl (C=O) groups excluding carboxylic acids is 1. The van der Waals surface area contributed by atoms with Crippen molar-refractivity contribution in [3.05, 3.63) is 66.2 Å². The molecule has 0 radical (unpaired) electrons. The predicted octanol–water partition coefficient (Wildman–Crippen LogP) is 5.10. The molecule has 0 N–H and O–H groups in total. The standard InChI is InChI=1S/C24H27NO4/c1-5-13-24(17-25,21-12-11-20(27-3)15-23(21)28-4)16-22(26)18-7-9-19(10-8-18)29-14-6-2/h6-12,15H,2,5,13-14,16H2,1,3-4H3. The Morgan fingerprint density at radius 1 is 1.14 bits per heavy atom. The summed E-state index contributed by atoms with van der Waals surface area (Å²) in [6.07, 6.45) is 3.02. The van der Waals surface area contributed by atoms with Crippen LogP contribution in [0.5, 0.6) is 17.2 Å². The molecule has 5 heteroatoms. The zero-order chi connectivity index (χ0) is 21.3. The zero-order valence-electron chi connectivity index (χ0n) is 17.2. The number of ether oxygens (including phenoxy) is 3. The van der Waals surface area contributed by atoms with E-state index in [4.69, 9.17) is 14.2 Å². The lowest BCUT2D eigenvalue weighted by molar-refractivity contribution is 0.0959. The number of rotatable bonds is 11. The van der Waals surface area contributed by atoms with Gasteiger partial charge in [0.05, 0.1) is 25.7 Å². The van der Waals surface area contributed by atoms with Crippen molar-refractivity contribution in [2.24, 2.45) is 0 Å². The van der Waals surface area contributed by atoms with E-state index in [0.29, 0.717) is 41.4 Å². The van der Waals surface area contributed by atoms with Crippen LogP contribution in [0.4, 0.5) is 0 Å². The van der Waals surface area contributed by atoms with E-state index in [0.717, 1.165) is 6.42 Å². The SMILES string of the molecule is C=CCOc1ccc(C(=O)CC(C#N)(CCC)c2ccc(OC)cc2OC)cc1. The van der Waals surface area contributed by atoms with Gasteiger partial charge in [-0.15, -0.1) is 0 Å². The number of Topliss-reactive ketones (excluding diaryl/α,β-unsaturated/α-hetero) is 1. The highest BCUT2D eigenvalue weighted by molar-refractivity contribution is 5.97. The van der Waals surface area contributed by atoms with Gasteiger partial charge >= 0.3 is 0 Å². The molecule has 29 heavy (non-hydrogen) atoms. The average Bonchev–Trinajstić information content (AvgIpc) is 2.77. The van der Waals surface area contributed by atoms with Gasteiger partial charge in [0, 0.05) is 23.6 Å². The van der Waals surface area contributed by atoms with Gasteiger partial charge in [-0.1, -0.05) is 32.1 Å². The highest BCUT2D eigenvalue weighted by atomic mass is 16.5. The Morgan fingerprint density at radius 3 is 2.38 bits per heavy atom. The Labute approximate surface area is 172 Å². The molecule has 0 saturated carbocycles. The van der Waals surface area contributed by atoms with E-state index in [2.05, 4.69) is 12.6 Å². The van der Waals surface area contributed by atoms with E-state index < -0.39 is 5.41 Å². The van der Waals surface area contributed by atoms with Gasteiger partial charge in [0.1, 0.15) is 23.9 Å². The summed E-state index contributed by atoms with van der Waals surface area (Å²) >= 11 is 0. The predicted molar refractivity (Wildman–Crippen MR) is 113 cm³/mol. The van der Waals surface area contributed by atoms with E-state index >= 15 is 0 Å². The van der Waals surface area contributed by atoms with Crippen molar-refractivity contribution in [2.75, 3.05) is 20.8 Å². The Morgan fingerprint density at radius 2 is 1.83 bits per heavy atom. The van der Waals surface area contributed by atoms with E-state index in [9.17, 15) is 10.1 Å². The molecule has 0 amide bonds.